The third-order valence-electron chi connectivity index (χ3n) is 5.36. The Kier molecular flexibility index (Phi) is 6.02. The Hall–Kier alpha value is -2.57. The maximum Gasteiger partial charge on any atom is 0.228 e. The lowest BCUT2D eigenvalue weighted by Crippen LogP contribution is -2.37. The van der Waals surface area contributed by atoms with E-state index in [1.807, 2.05) is 19.1 Å². The summed E-state index contributed by atoms with van der Waals surface area (Å²) in [4.78, 5) is 24.0. The van der Waals surface area contributed by atoms with Crippen molar-refractivity contribution in [2.24, 2.45) is 5.92 Å². The minimum absolute atomic E-state index is 0.0483. The summed E-state index contributed by atoms with van der Waals surface area (Å²) >= 11 is 1.70. The van der Waals surface area contributed by atoms with Crippen molar-refractivity contribution >= 4 is 23.1 Å². The van der Waals surface area contributed by atoms with Crippen LogP contribution in [0.25, 0.3) is 10.6 Å². The summed E-state index contributed by atoms with van der Waals surface area (Å²) in [7, 11) is 0. The molecule has 1 amide bonds. The van der Waals surface area contributed by atoms with E-state index in [0.717, 1.165) is 48.7 Å². The zero-order chi connectivity index (χ0) is 20.2. The summed E-state index contributed by atoms with van der Waals surface area (Å²) in [6.07, 6.45) is 3.46. The van der Waals surface area contributed by atoms with Gasteiger partial charge in [0.15, 0.2) is 0 Å². The van der Waals surface area contributed by atoms with Crippen molar-refractivity contribution < 1.29 is 4.79 Å². The molecule has 0 bridgehead atoms. The second-order valence-corrected chi connectivity index (χ2v) is 8.63. The normalized spacial score (nSPS) is 15.4. The first kappa shape index (κ1) is 19.7. The van der Waals surface area contributed by atoms with Gasteiger partial charge in [0.25, 0.3) is 0 Å². The molecule has 4 rings (SSSR count). The lowest BCUT2D eigenvalue weighted by Gasteiger charge is -2.30. The van der Waals surface area contributed by atoms with Crippen molar-refractivity contribution in [1.82, 2.24) is 14.9 Å². The van der Waals surface area contributed by atoms with Crippen LogP contribution in [0, 0.1) is 19.8 Å². The maximum absolute atomic E-state index is 12.5. The SMILES string of the molecule is Cc1ccc(-c2nc(CN3CCC(C(=O)Nc4cc(C)ccn4)CC3)cs2)cc1. The highest BCUT2D eigenvalue weighted by Crippen LogP contribution is 2.26. The first-order valence-corrected chi connectivity index (χ1v) is 10.9. The van der Waals surface area contributed by atoms with E-state index in [1.54, 1.807) is 17.5 Å². The van der Waals surface area contributed by atoms with Gasteiger partial charge in [0.2, 0.25) is 5.91 Å². The number of likely N-dealkylation sites (tertiary alicyclic amines) is 1. The highest BCUT2D eigenvalue weighted by atomic mass is 32.1. The van der Waals surface area contributed by atoms with E-state index in [1.165, 1.54) is 11.1 Å². The Bertz CT molecular complexity index is 975. The molecule has 0 saturated carbocycles. The third kappa shape index (κ3) is 5.08. The molecule has 1 aliphatic heterocycles. The van der Waals surface area contributed by atoms with Crippen LogP contribution in [0.4, 0.5) is 5.82 Å². The predicted octanol–water partition coefficient (Wildman–Crippen LogP) is 4.67. The fraction of sp³-hybridized carbons (Fsp3) is 0.348. The first-order valence-electron chi connectivity index (χ1n) is 10.0. The van der Waals surface area contributed by atoms with Crippen LogP contribution in [0.15, 0.2) is 48.0 Å². The van der Waals surface area contributed by atoms with Gasteiger partial charge in [0, 0.05) is 29.6 Å². The number of amides is 1. The van der Waals surface area contributed by atoms with E-state index in [0.29, 0.717) is 5.82 Å². The van der Waals surface area contributed by atoms with Crippen molar-refractivity contribution in [3.05, 3.63) is 64.8 Å². The second-order valence-electron chi connectivity index (χ2n) is 7.77. The van der Waals surface area contributed by atoms with Crippen LogP contribution in [-0.4, -0.2) is 33.9 Å². The van der Waals surface area contributed by atoms with Gasteiger partial charge < -0.3 is 5.32 Å². The van der Waals surface area contributed by atoms with Crippen molar-refractivity contribution in [3.63, 3.8) is 0 Å². The lowest BCUT2D eigenvalue weighted by molar-refractivity contribution is -0.121. The van der Waals surface area contributed by atoms with Gasteiger partial charge in [-0.2, -0.15) is 0 Å². The highest BCUT2D eigenvalue weighted by Gasteiger charge is 2.25. The zero-order valence-electron chi connectivity index (χ0n) is 16.9. The average Bonchev–Trinajstić information content (AvgIpc) is 3.17. The molecule has 1 N–H and O–H groups in total. The minimum atomic E-state index is 0.0483. The van der Waals surface area contributed by atoms with Gasteiger partial charge in [-0.25, -0.2) is 9.97 Å². The van der Waals surface area contributed by atoms with E-state index >= 15 is 0 Å². The van der Waals surface area contributed by atoms with Gasteiger partial charge in [-0.15, -0.1) is 11.3 Å². The smallest absolute Gasteiger partial charge is 0.228 e. The molecule has 1 aromatic carbocycles. The molecule has 150 valence electrons. The molecule has 0 atom stereocenters. The van der Waals surface area contributed by atoms with E-state index < -0.39 is 0 Å². The molecule has 0 aliphatic carbocycles. The molecule has 0 unspecified atom stereocenters. The largest absolute Gasteiger partial charge is 0.310 e. The number of carbonyl (C=O) groups is 1. The van der Waals surface area contributed by atoms with Crippen molar-refractivity contribution in [1.29, 1.82) is 0 Å². The molecule has 3 aromatic rings. The van der Waals surface area contributed by atoms with Crippen LogP contribution < -0.4 is 5.32 Å². The van der Waals surface area contributed by atoms with Crippen LogP contribution in [0.5, 0.6) is 0 Å². The molecule has 1 saturated heterocycles. The van der Waals surface area contributed by atoms with Gasteiger partial charge in [-0.3, -0.25) is 9.69 Å². The monoisotopic (exact) mass is 406 g/mol. The maximum atomic E-state index is 12.5. The van der Waals surface area contributed by atoms with Crippen LogP contribution in [0.3, 0.4) is 0 Å². The van der Waals surface area contributed by atoms with Crippen LogP contribution in [-0.2, 0) is 11.3 Å². The number of aryl methyl sites for hydroxylation is 2. The van der Waals surface area contributed by atoms with Gasteiger partial charge in [0.05, 0.1) is 5.69 Å². The zero-order valence-corrected chi connectivity index (χ0v) is 17.7. The van der Waals surface area contributed by atoms with E-state index in [4.69, 9.17) is 4.98 Å². The minimum Gasteiger partial charge on any atom is -0.310 e. The number of anilines is 1. The quantitative estimate of drug-likeness (QED) is 0.669. The number of nitrogens with one attached hydrogen (secondary N) is 1. The summed E-state index contributed by atoms with van der Waals surface area (Å²) in [5.74, 6) is 0.772. The highest BCUT2D eigenvalue weighted by molar-refractivity contribution is 7.13. The summed E-state index contributed by atoms with van der Waals surface area (Å²) in [6.45, 7) is 6.76. The summed E-state index contributed by atoms with van der Waals surface area (Å²) in [5, 5.41) is 6.18. The second kappa shape index (κ2) is 8.84. The molecule has 6 heteroatoms. The molecule has 0 radical (unpaired) electrons. The third-order valence-corrected chi connectivity index (χ3v) is 6.30. The molecular formula is C23H26N4OS. The number of aromatic nitrogens is 2. The van der Waals surface area contributed by atoms with Crippen molar-refractivity contribution in [2.75, 3.05) is 18.4 Å². The number of hydrogen-bond acceptors (Lipinski definition) is 5. The summed E-state index contributed by atoms with van der Waals surface area (Å²) < 4.78 is 0. The Balaban J connectivity index is 1.29. The first-order chi connectivity index (χ1) is 14.1. The molecular weight excluding hydrogens is 380 g/mol. The Morgan fingerprint density at radius 3 is 2.62 bits per heavy atom. The van der Waals surface area contributed by atoms with E-state index in [9.17, 15) is 4.79 Å². The number of benzene rings is 1. The Labute approximate surface area is 175 Å². The van der Waals surface area contributed by atoms with Gasteiger partial charge in [-0.05, 0) is 57.5 Å². The molecule has 3 heterocycles. The molecule has 2 aromatic heterocycles. The van der Waals surface area contributed by atoms with Gasteiger partial charge in [-0.1, -0.05) is 29.8 Å². The molecule has 29 heavy (non-hydrogen) atoms. The van der Waals surface area contributed by atoms with E-state index in [-0.39, 0.29) is 11.8 Å². The standard InChI is InChI=1S/C23H26N4OS/c1-16-3-5-19(6-4-16)23-25-20(15-29-23)14-27-11-8-18(9-12-27)22(28)26-21-13-17(2)7-10-24-21/h3-7,10,13,15,18H,8-9,11-12,14H2,1-2H3,(H,24,26,28). The number of thiazole rings is 1. The lowest BCUT2D eigenvalue weighted by atomic mass is 9.96. The molecule has 1 fully saturated rings. The molecule has 1 aliphatic rings. The fourth-order valence-electron chi connectivity index (χ4n) is 3.62. The Morgan fingerprint density at radius 1 is 1.14 bits per heavy atom. The number of rotatable bonds is 5. The van der Waals surface area contributed by atoms with Gasteiger partial charge >= 0.3 is 0 Å². The molecule has 5 nitrogen and oxygen atoms in total. The molecule has 0 spiro atoms. The van der Waals surface area contributed by atoms with Crippen LogP contribution in [0.2, 0.25) is 0 Å². The number of piperidine rings is 1. The van der Waals surface area contributed by atoms with Crippen LogP contribution in [0.1, 0.15) is 29.7 Å². The van der Waals surface area contributed by atoms with Crippen molar-refractivity contribution in [3.8, 4) is 10.6 Å². The summed E-state index contributed by atoms with van der Waals surface area (Å²) in [5.41, 5.74) is 4.64. The van der Waals surface area contributed by atoms with E-state index in [2.05, 4.69) is 51.8 Å². The predicted molar refractivity (Wildman–Crippen MR) is 118 cm³/mol. The topological polar surface area (TPSA) is 58.1 Å². The number of pyridine rings is 1. The number of nitrogens with zero attached hydrogens (tertiary/aromatic N) is 3. The van der Waals surface area contributed by atoms with Crippen LogP contribution >= 0.6 is 11.3 Å². The number of carbonyl (C=O) groups excluding carboxylic acids is 1. The summed E-state index contributed by atoms with van der Waals surface area (Å²) in [6, 6.07) is 12.3. The fourth-order valence-corrected chi connectivity index (χ4v) is 4.44. The number of hydrogen-bond donors (Lipinski definition) is 1. The average molecular weight is 407 g/mol. The Morgan fingerprint density at radius 2 is 1.90 bits per heavy atom. The van der Waals surface area contributed by atoms with Gasteiger partial charge in [0.1, 0.15) is 10.8 Å². The van der Waals surface area contributed by atoms with Crippen molar-refractivity contribution in [2.45, 2.75) is 33.2 Å².